The van der Waals surface area contributed by atoms with Gasteiger partial charge in [0.25, 0.3) is 0 Å². The number of aromatic nitrogens is 2. The Kier molecular flexibility index (Phi) is 4.89. The normalized spacial score (nSPS) is 21.0. The first-order valence-corrected chi connectivity index (χ1v) is 10.5. The molecule has 0 aliphatic carbocycles. The summed E-state index contributed by atoms with van der Waals surface area (Å²) in [5.74, 6) is -0.951. The van der Waals surface area contributed by atoms with Gasteiger partial charge in [-0.15, -0.1) is 0 Å². The zero-order chi connectivity index (χ0) is 22.6. The maximum absolute atomic E-state index is 15.4. The Morgan fingerprint density at radius 3 is 2.94 bits per heavy atom. The smallest absolute Gasteiger partial charge is 0.341 e. The van der Waals surface area contributed by atoms with E-state index >= 15 is 4.39 Å². The number of carboxylic acids is 1. The fourth-order valence-electron chi connectivity index (χ4n) is 4.87. The van der Waals surface area contributed by atoms with Gasteiger partial charge in [-0.25, -0.2) is 14.2 Å². The number of carbonyl (C=O) groups is 1. The monoisotopic (exact) mass is 442 g/mol. The van der Waals surface area contributed by atoms with Crippen molar-refractivity contribution in [3.05, 3.63) is 52.2 Å². The van der Waals surface area contributed by atoms with Crippen molar-refractivity contribution >= 4 is 22.6 Å². The molecule has 2 aliphatic rings. The van der Waals surface area contributed by atoms with E-state index in [1.54, 1.807) is 10.8 Å². The summed E-state index contributed by atoms with van der Waals surface area (Å²) in [6, 6.07) is 0.816. The molecule has 2 aliphatic heterocycles. The van der Waals surface area contributed by atoms with E-state index in [-0.39, 0.29) is 41.3 Å². The van der Waals surface area contributed by atoms with E-state index in [1.807, 2.05) is 18.9 Å². The molecule has 2 N–H and O–H groups in total. The maximum atomic E-state index is 15.4. The third kappa shape index (κ3) is 3.05. The van der Waals surface area contributed by atoms with Gasteiger partial charge in [-0.2, -0.15) is 0 Å². The highest BCUT2D eigenvalue weighted by molar-refractivity contribution is 5.97. The summed E-state index contributed by atoms with van der Waals surface area (Å²) in [5, 5.41) is 12.7. The topological polar surface area (TPSA) is 110 Å². The van der Waals surface area contributed by atoms with Gasteiger partial charge in [0.15, 0.2) is 11.6 Å². The molecule has 0 amide bonds. The molecule has 10 heteroatoms. The third-order valence-corrected chi connectivity index (χ3v) is 6.41. The van der Waals surface area contributed by atoms with Crippen LogP contribution in [0.15, 0.2) is 33.9 Å². The van der Waals surface area contributed by atoms with Crippen molar-refractivity contribution in [2.75, 3.05) is 31.6 Å². The van der Waals surface area contributed by atoms with E-state index in [4.69, 9.17) is 9.15 Å². The molecule has 2 aromatic heterocycles. The number of benzene rings is 1. The highest BCUT2D eigenvalue weighted by atomic mass is 19.1. The van der Waals surface area contributed by atoms with Gasteiger partial charge < -0.3 is 29.0 Å². The summed E-state index contributed by atoms with van der Waals surface area (Å²) in [5.41, 5.74) is -0.373. The second-order valence-electron chi connectivity index (χ2n) is 8.31. The fraction of sp³-hybridized carbons (Fsp3) is 0.409. The van der Waals surface area contributed by atoms with Crippen LogP contribution in [0, 0.1) is 11.7 Å². The van der Waals surface area contributed by atoms with Crippen LogP contribution in [-0.4, -0.2) is 47.4 Å². The quantitative estimate of drug-likeness (QED) is 0.621. The number of anilines is 1. The first-order chi connectivity index (χ1) is 15.4. The summed E-state index contributed by atoms with van der Waals surface area (Å²) in [7, 11) is 1.83. The largest absolute Gasteiger partial charge is 0.487 e. The predicted octanol–water partition coefficient (Wildman–Crippen LogP) is 2.57. The molecule has 3 aromatic rings. The molecular formula is C22H23FN4O5. The molecule has 1 aromatic carbocycles. The van der Waals surface area contributed by atoms with Crippen molar-refractivity contribution in [1.82, 2.24) is 14.9 Å². The molecule has 3 atom stereocenters. The molecule has 5 rings (SSSR count). The lowest BCUT2D eigenvalue weighted by molar-refractivity contribution is 0.0694. The van der Waals surface area contributed by atoms with Crippen LogP contribution in [0.25, 0.3) is 10.9 Å². The Morgan fingerprint density at radius 1 is 1.44 bits per heavy atom. The zero-order valence-corrected chi connectivity index (χ0v) is 17.7. The number of rotatable bonds is 5. The summed E-state index contributed by atoms with van der Waals surface area (Å²) in [4.78, 5) is 30.5. The SMILES string of the molecule is CNC(c1ncco1)C1CCN(c2c(F)cc3c(=O)c(C(=O)O)cn4c3c2OC[C@@H]4C)C1. The number of nitrogens with one attached hydrogen (secondary N) is 1. The number of ether oxygens (including phenoxy) is 1. The summed E-state index contributed by atoms with van der Waals surface area (Å²) < 4.78 is 28.5. The maximum Gasteiger partial charge on any atom is 0.341 e. The Balaban J connectivity index is 1.61. The van der Waals surface area contributed by atoms with Crippen LogP contribution in [0.2, 0.25) is 0 Å². The van der Waals surface area contributed by atoms with E-state index in [1.165, 1.54) is 12.5 Å². The first kappa shape index (κ1) is 20.5. The molecule has 9 nitrogen and oxygen atoms in total. The Hall–Kier alpha value is -3.40. The van der Waals surface area contributed by atoms with Crippen molar-refractivity contribution in [1.29, 1.82) is 0 Å². The number of hydrogen-bond donors (Lipinski definition) is 2. The zero-order valence-electron chi connectivity index (χ0n) is 17.7. The van der Waals surface area contributed by atoms with Crippen LogP contribution in [0.1, 0.15) is 41.7 Å². The van der Waals surface area contributed by atoms with E-state index in [0.717, 1.165) is 12.5 Å². The summed E-state index contributed by atoms with van der Waals surface area (Å²) >= 11 is 0. The number of oxazole rings is 1. The minimum absolute atomic E-state index is 0.0105. The second-order valence-corrected chi connectivity index (χ2v) is 8.31. The molecule has 0 bridgehead atoms. The van der Waals surface area contributed by atoms with Gasteiger partial charge in [0.1, 0.15) is 24.1 Å². The first-order valence-electron chi connectivity index (χ1n) is 10.5. The molecule has 0 radical (unpaired) electrons. The number of aromatic carboxylic acids is 1. The third-order valence-electron chi connectivity index (χ3n) is 6.41. The highest BCUT2D eigenvalue weighted by Crippen LogP contribution is 2.44. The molecule has 32 heavy (non-hydrogen) atoms. The molecule has 1 saturated heterocycles. The van der Waals surface area contributed by atoms with Gasteiger partial charge >= 0.3 is 5.97 Å². The van der Waals surface area contributed by atoms with Gasteiger partial charge in [-0.05, 0) is 26.5 Å². The lowest BCUT2D eigenvalue weighted by Crippen LogP contribution is -2.31. The average Bonchev–Trinajstić information content (AvgIpc) is 3.45. The number of carboxylic acid groups (broad SMARTS) is 1. The van der Waals surface area contributed by atoms with Crippen molar-refractivity contribution in [2.45, 2.75) is 25.4 Å². The van der Waals surface area contributed by atoms with Crippen LogP contribution < -0.4 is 20.4 Å². The number of halogens is 1. The standard InChI is InChI=1S/C22H23FN4O5/c1-11-10-32-20-17-13(19(28)14(22(29)30)9-27(11)17)7-15(23)18(20)26-5-3-12(8-26)16(24-2)21-25-4-6-31-21/h4,6-7,9,11-12,16,24H,3,5,8,10H2,1-2H3,(H,29,30)/t11-,12?,16?/m0/s1. The van der Waals surface area contributed by atoms with Crippen molar-refractivity contribution in [3.8, 4) is 5.75 Å². The van der Waals surface area contributed by atoms with E-state index in [2.05, 4.69) is 10.3 Å². The van der Waals surface area contributed by atoms with Crippen LogP contribution >= 0.6 is 0 Å². The molecule has 0 saturated carbocycles. The van der Waals surface area contributed by atoms with Gasteiger partial charge in [-0.1, -0.05) is 0 Å². The molecule has 0 spiro atoms. The van der Waals surface area contributed by atoms with Crippen LogP contribution in [0.3, 0.4) is 0 Å². The average molecular weight is 442 g/mol. The lowest BCUT2D eigenvalue weighted by Gasteiger charge is -2.31. The van der Waals surface area contributed by atoms with Crippen LogP contribution in [0.5, 0.6) is 5.75 Å². The number of hydrogen-bond acceptors (Lipinski definition) is 7. The van der Waals surface area contributed by atoms with E-state index < -0.39 is 17.2 Å². The Labute approximate surface area is 182 Å². The number of pyridine rings is 1. The molecule has 2 unspecified atom stereocenters. The second kappa shape index (κ2) is 7.63. The van der Waals surface area contributed by atoms with Gasteiger partial charge in [0, 0.05) is 25.2 Å². The molecule has 1 fully saturated rings. The van der Waals surface area contributed by atoms with Gasteiger partial charge in [0.2, 0.25) is 11.3 Å². The van der Waals surface area contributed by atoms with Crippen molar-refractivity contribution < 1.29 is 23.4 Å². The van der Waals surface area contributed by atoms with E-state index in [9.17, 15) is 14.7 Å². The van der Waals surface area contributed by atoms with Crippen LogP contribution in [-0.2, 0) is 0 Å². The van der Waals surface area contributed by atoms with Crippen LogP contribution in [0.4, 0.5) is 10.1 Å². The van der Waals surface area contributed by atoms with E-state index in [0.29, 0.717) is 30.2 Å². The fourth-order valence-corrected chi connectivity index (χ4v) is 4.87. The molecule has 4 heterocycles. The highest BCUT2D eigenvalue weighted by Gasteiger charge is 2.36. The Bertz CT molecular complexity index is 1260. The number of nitrogens with zero attached hydrogens (tertiary/aromatic N) is 3. The van der Waals surface area contributed by atoms with Crippen molar-refractivity contribution in [3.63, 3.8) is 0 Å². The van der Waals surface area contributed by atoms with Gasteiger partial charge in [-0.3, -0.25) is 4.79 Å². The summed E-state index contributed by atoms with van der Waals surface area (Å²) in [6.45, 7) is 3.24. The molecular weight excluding hydrogens is 419 g/mol. The Morgan fingerprint density at radius 2 is 2.25 bits per heavy atom. The predicted molar refractivity (Wildman–Crippen MR) is 114 cm³/mol. The molecule has 168 valence electrons. The summed E-state index contributed by atoms with van der Waals surface area (Å²) in [6.07, 6.45) is 5.24. The lowest BCUT2D eigenvalue weighted by atomic mass is 9.99. The minimum atomic E-state index is -1.34. The van der Waals surface area contributed by atoms with Crippen molar-refractivity contribution in [2.24, 2.45) is 5.92 Å². The van der Waals surface area contributed by atoms with Gasteiger partial charge in [0.05, 0.1) is 29.2 Å². The minimum Gasteiger partial charge on any atom is -0.487 e.